The van der Waals surface area contributed by atoms with Crippen LogP contribution in [0.1, 0.15) is 26.4 Å². The topological polar surface area (TPSA) is 113 Å². The van der Waals surface area contributed by atoms with Crippen LogP contribution in [0.2, 0.25) is 0 Å². The lowest BCUT2D eigenvalue weighted by Gasteiger charge is -2.16. The molecule has 8 nitrogen and oxygen atoms in total. The van der Waals surface area contributed by atoms with Crippen molar-refractivity contribution < 1.29 is 54.5 Å². The molecular formula is C22H14F7N3O5. The van der Waals surface area contributed by atoms with E-state index in [0.29, 0.717) is 12.3 Å². The molecule has 3 rings (SSSR count). The van der Waals surface area contributed by atoms with Crippen LogP contribution in [0.25, 0.3) is 0 Å². The van der Waals surface area contributed by atoms with Gasteiger partial charge in [0.1, 0.15) is 11.6 Å². The summed E-state index contributed by atoms with van der Waals surface area (Å²) >= 11 is 0. The molecule has 0 spiro atoms. The average Bonchev–Trinajstić information content (AvgIpc) is 2.79. The first-order valence-electron chi connectivity index (χ1n) is 9.77. The minimum absolute atomic E-state index is 0.154. The monoisotopic (exact) mass is 533 g/mol. The number of nitrogens with one attached hydrogen (secondary N) is 1. The summed E-state index contributed by atoms with van der Waals surface area (Å²) in [5.74, 6) is -5.49. The van der Waals surface area contributed by atoms with Crippen molar-refractivity contribution in [3.05, 3.63) is 71.3 Å². The molecule has 2 amide bonds. The quantitative estimate of drug-likeness (QED) is 0.399. The van der Waals surface area contributed by atoms with Crippen LogP contribution < -0.4 is 25.3 Å². The summed E-state index contributed by atoms with van der Waals surface area (Å²) in [7, 11) is 1.04. The predicted octanol–water partition coefficient (Wildman–Crippen LogP) is 5.29. The van der Waals surface area contributed by atoms with E-state index < -0.39 is 58.5 Å². The number of pyridine rings is 1. The van der Waals surface area contributed by atoms with Gasteiger partial charge in [-0.25, -0.2) is 9.37 Å². The number of carbonyl (C=O) groups is 2. The van der Waals surface area contributed by atoms with E-state index in [1.54, 1.807) is 0 Å². The van der Waals surface area contributed by atoms with E-state index >= 15 is 0 Å². The molecule has 1 aromatic heterocycles. The second-order valence-electron chi connectivity index (χ2n) is 7.04. The third-order valence-electron chi connectivity index (χ3n) is 4.47. The van der Waals surface area contributed by atoms with Gasteiger partial charge in [-0.1, -0.05) is 0 Å². The van der Waals surface area contributed by atoms with Crippen LogP contribution >= 0.6 is 0 Å². The number of primary amides is 1. The lowest BCUT2D eigenvalue weighted by Crippen LogP contribution is -2.18. The maximum Gasteiger partial charge on any atom is 0.573 e. The van der Waals surface area contributed by atoms with Gasteiger partial charge in [0.25, 0.3) is 11.8 Å². The molecule has 15 heteroatoms. The molecule has 0 fully saturated rings. The first kappa shape index (κ1) is 27.0. The Morgan fingerprint density at radius 1 is 0.946 bits per heavy atom. The Balaban J connectivity index is 2.00. The molecule has 37 heavy (non-hydrogen) atoms. The Labute approximate surface area is 202 Å². The van der Waals surface area contributed by atoms with Crippen molar-refractivity contribution in [1.82, 2.24) is 4.98 Å². The third kappa shape index (κ3) is 6.77. The molecule has 0 bridgehead atoms. The number of benzene rings is 2. The highest BCUT2D eigenvalue weighted by Crippen LogP contribution is 2.39. The molecular weight excluding hydrogens is 519 g/mol. The average molecular weight is 533 g/mol. The number of aromatic nitrogens is 1. The highest BCUT2D eigenvalue weighted by molar-refractivity contribution is 6.05. The van der Waals surface area contributed by atoms with Crippen LogP contribution in [0.3, 0.4) is 0 Å². The standard InChI is InChI=1S/C22H14F7N3O5/c1-35-16-8-12(37-22(27,28)29)3-5-15(16)36-17-6-10(21(24,25)26)9-31-18(17)20(34)32-11-2-4-14(23)13(7-11)19(30)33/h2-9H,1H3,(H2,30,33)(H,32,34). The molecule has 0 atom stereocenters. The first-order valence-corrected chi connectivity index (χ1v) is 9.77. The molecule has 0 aliphatic heterocycles. The number of hydrogen-bond donors (Lipinski definition) is 2. The molecule has 3 aromatic rings. The fraction of sp³-hybridized carbons (Fsp3) is 0.136. The van der Waals surface area contributed by atoms with Crippen molar-refractivity contribution in [2.45, 2.75) is 12.5 Å². The maximum atomic E-state index is 13.7. The van der Waals surface area contributed by atoms with Crippen molar-refractivity contribution in [1.29, 1.82) is 0 Å². The molecule has 0 radical (unpaired) electrons. The van der Waals surface area contributed by atoms with E-state index in [9.17, 15) is 40.3 Å². The lowest BCUT2D eigenvalue weighted by molar-refractivity contribution is -0.274. The van der Waals surface area contributed by atoms with E-state index in [0.717, 1.165) is 43.5 Å². The summed E-state index contributed by atoms with van der Waals surface area (Å²) < 4.78 is 105. The number of rotatable bonds is 7. The Kier molecular flexibility index (Phi) is 7.45. The van der Waals surface area contributed by atoms with Crippen LogP contribution in [-0.2, 0) is 6.18 Å². The molecule has 0 unspecified atom stereocenters. The second-order valence-corrected chi connectivity index (χ2v) is 7.04. The van der Waals surface area contributed by atoms with E-state index in [4.69, 9.17) is 15.2 Å². The molecule has 0 aliphatic carbocycles. The summed E-state index contributed by atoms with van der Waals surface area (Å²) in [6.07, 6.45) is -9.58. The summed E-state index contributed by atoms with van der Waals surface area (Å²) in [6, 6.07) is 5.66. The normalized spacial score (nSPS) is 11.6. The first-order chi connectivity index (χ1) is 17.2. The minimum atomic E-state index is -5.03. The van der Waals surface area contributed by atoms with Crippen LogP contribution in [0, 0.1) is 5.82 Å². The minimum Gasteiger partial charge on any atom is -0.493 e. The van der Waals surface area contributed by atoms with Gasteiger partial charge < -0.3 is 25.3 Å². The number of alkyl halides is 6. The number of amides is 2. The number of carbonyl (C=O) groups excluding carboxylic acids is 2. The third-order valence-corrected chi connectivity index (χ3v) is 4.47. The maximum absolute atomic E-state index is 13.7. The number of ether oxygens (including phenoxy) is 3. The van der Waals surface area contributed by atoms with Gasteiger partial charge >= 0.3 is 12.5 Å². The zero-order chi connectivity index (χ0) is 27.5. The fourth-order valence-corrected chi connectivity index (χ4v) is 2.88. The van der Waals surface area contributed by atoms with Gasteiger partial charge in [-0.2, -0.15) is 13.2 Å². The number of halogens is 7. The second kappa shape index (κ2) is 10.2. The summed E-state index contributed by atoms with van der Waals surface area (Å²) in [5.41, 5.74) is 2.32. The smallest absolute Gasteiger partial charge is 0.493 e. The molecule has 196 valence electrons. The van der Waals surface area contributed by atoms with Crippen molar-refractivity contribution in [2.75, 3.05) is 12.4 Å². The van der Waals surface area contributed by atoms with Crippen molar-refractivity contribution in [3.63, 3.8) is 0 Å². The molecule has 2 aromatic carbocycles. The van der Waals surface area contributed by atoms with Crippen LogP contribution in [0.15, 0.2) is 48.7 Å². The molecule has 0 aliphatic rings. The molecule has 0 saturated heterocycles. The number of methoxy groups -OCH3 is 1. The van der Waals surface area contributed by atoms with E-state index in [1.807, 2.05) is 0 Å². The van der Waals surface area contributed by atoms with Gasteiger partial charge in [0.15, 0.2) is 22.9 Å². The highest BCUT2D eigenvalue weighted by atomic mass is 19.4. The zero-order valence-corrected chi connectivity index (χ0v) is 18.3. The number of nitrogens with zero attached hydrogens (tertiary/aromatic N) is 1. The number of hydrogen-bond acceptors (Lipinski definition) is 6. The Bertz CT molecular complexity index is 1340. The molecule has 0 saturated carbocycles. The largest absolute Gasteiger partial charge is 0.573 e. The fourth-order valence-electron chi connectivity index (χ4n) is 2.88. The van der Waals surface area contributed by atoms with Crippen molar-refractivity contribution in [3.8, 4) is 23.0 Å². The van der Waals surface area contributed by atoms with E-state index in [2.05, 4.69) is 15.0 Å². The van der Waals surface area contributed by atoms with Crippen LogP contribution in [-0.4, -0.2) is 30.3 Å². The number of anilines is 1. The SMILES string of the molecule is COc1cc(OC(F)(F)F)ccc1Oc1cc(C(F)(F)F)cnc1C(=O)Nc1ccc(F)c(C(N)=O)c1. The van der Waals surface area contributed by atoms with Crippen LogP contribution in [0.4, 0.5) is 36.4 Å². The Hall–Kier alpha value is -4.56. The van der Waals surface area contributed by atoms with Gasteiger partial charge in [0, 0.05) is 18.0 Å². The lowest BCUT2D eigenvalue weighted by atomic mass is 10.1. The Morgan fingerprint density at radius 3 is 2.24 bits per heavy atom. The van der Waals surface area contributed by atoms with E-state index in [-0.39, 0.29) is 17.2 Å². The Morgan fingerprint density at radius 2 is 1.65 bits per heavy atom. The van der Waals surface area contributed by atoms with Gasteiger partial charge in [-0.05, 0) is 36.4 Å². The number of nitrogens with two attached hydrogens (primary N) is 1. The van der Waals surface area contributed by atoms with E-state index in [1.165, 1.54) is 0 Å². The molecule has 1 heterocycles. The zero-order valence-electron chi connectivity index (χ0n) is 18.3. The molecule has 3 N–H and O–H groups in total. The summed E-state index contributed by atoms with van der Waals surface area (Å²) in [6.45, 7) is 0. The van der Waals surface area contributed by atoms with Crippen molar-refractivity contribution in [2.24, 2.45) is 5.73 Å². The predicted molar refractivity (Wildman–Crippen MR) is 112 cm³/mol. The summed E-state index contributed by atoms with van der Waals surface area (Å²) in [4.78, 5) is 27.6. The van der Waals surface area contributed by atoms with Gasteiger partial charge in [-0.15, -0.1) is 13.2 Å². The van der Waals surface area contributed by atoms with Gasteiger partial charge in [0.2, 0.25) is 0 Å². The van der Waals surface area contributed by atoms with Crippen molar-refractivity contribution >= 4 is 17.5 Å². The summed E-state index contributed by atoms with van der Waals surface area (Å²) in [5, 5.41) is 2.22. The highest BCUT2D eigenvalue weighted by Gasteiger charge is 2.34. The van der Waals surface area contributed by atoms with Gasteiger partial charge in [0.05, 0.1) is 18.2 Å². The van der Waals surface area contributed by atoms with Crippen LogP contribution in [0.5, 0.6) is 23.0 Å². The van der Waals surface area contributed by atoms with Gasteiger partial charge in [-0.3, -0.25) is 9.59 Å².